The van der Waals surface area contributed by atoms with E-state index in [1.165, 1.54) is 0 Å². The van der Waals surface area contributed by atoms with Crippen LogP contribution in [-0.2, 0) is 38.7 Å². The van der Waals surface area contributed by atoms with Gasteiger partial charge in [-0.2, -0.15) is 0 Å². The molecule has 49 valence electrons. The second kappa shape index (κ2) is 598. The van der Waals surface area contributed by atoms with Crippen molar-refractivity contribution in [3.63, 3.8) is 0 Å². The average Bonchev–Trinajstić information content (AvgIpc) is 2.03. The molecule has 0 aromatic carbocycles. The molecule has 0 aliphatic rings. The monoisotopic (exact) mass is 215 g/mol. The molecule has 9 radical (unpaired) electrons. The molecule has 0 heterocycles. The molecule has 0 aromatic rings. The van der Waals surface area contributed by atoms with Crippen LogP contribution in [0.5, 0.6) is 0 Å². The van der Waals surface area contributed by atoms with Gasteiger partial charge in [-0.3, -0.25) is 19.2 Å². The van der Waals surface area contributed by atoms with E-state index in [-0.39, 0.29) is 19.5 Å². The SMILES string of the molecule is [C]=O.[C]=O.[C]=O.[C]=O.[Rh]. The zero-order chi connectivity index (χ0) is 8.00. The first-order valence-corrected chi connectivity index (χ1v) is 0.816. The minimum Gasteiger partial charge on any atom is -0.281 e. The maximum absolute atomic E-state index is 7.50. The minimum atomic E-state index is 0. The van der Waals surface area contributed by atoms with Crippen LogP contribution in [0.4, 0.5) is 0 Å². The van der Waals surface area contributed by atoms with Crippen LogP contribution in [0.1, 0.15) is 0 Å². The van der Waals surface area contributed by atoms with Gasteiger partial charge in [-0.1, -0.05) is 0 Å². The van der Waals surface area contributed by atoms with Crippen molar-refractivity contribution in [1.82, 2.24) is 0 Å². The fraction of sp³-hybridized carbons (Fsp3) is 0. The predicted octanol–water partition coefficient (Wildman–Crippen LogP) is -1.59. The van der Waals surface area contributed by atoms with Gasteiger partial charge in [0.2, 0.25) is 0 Å². The molecule has 4 nitrogen and oxygen atoms in total. The second-order valence-corrected chi connectivity index (χ2v) is 0. The van der Waals surface area contributed by atoms with Gasteiger partial charge in [0.05, 0.1) is 0 Å². The zero-order valence-corrected chi connectivity index (χ0v) is 5.61. The Kier molecular flexibility index (Phi) is 2700. The van der Waals surface area contributed by atoms with Gasteiger partial charge >= 0.3 is 0 Å². The third kappa shape index (κ3) is 423. The number of hydrogen-bond acceptors (Lipinski definition) is 4. The number of carbonyl (C=O) groups excluding carboxylic acids is 4. The molecule has 0 aromatic heterocycles. The van der Waals surface area contributed by atoms with E-state index in [1.807, 2.05) is 0 Å². The first-order valence-electron chi connectivity index (χ1n) is 0.816. The van der Waals surface area contributed by atoms with E-state index in [0.29, 0.717) is 0 Å². The van der Waals surface area contributed by atoms with E-state index in [1.54, 1.807) is 0 Å². The molecule has 0 fully saturated rings. The Morgan fingerprint density at radius 3 is 0.444 bits per heavy atom. The average molecular weight is 215 g/mol. The fourth-order valence-corrected chi connectivity index (χ4v) is 0. The quantitative estimate of drug-likeness (QED) is 0.456. The Morgan fingerprint density at radius 1 is 0.444 bits per heavy atom. The van der Waals surface area contributed by atoms with Gasteiger partial charge in [0.25, 0.3) is 27.2 Å². The van der Waals surface area contributed by atoms with Crippen LogP contribution in [-0.4, -0.2) is 27.2 Å². The summed E-state index contributed by atoms with van der Waals surface area (Å²) >= 11 is 0. The summed E-state index contributed by atoms with van der Waals surface area (Å²) in [6.07, 6.45) is 0. The maximum Gasteiger partial charge on any atom is 0.281 e. The Bertz CT molecular complexity index is 20.5. The van der Waals surface area contributed by atoms with E-state index in [0.717, 1.165) is 0 Å². The summed E-state index contributed by atoms with van der Waals surface area (Å²) in [5.74, 6) is 0. The van der Waals surface area contributed by atoms with E-state index >= 15 is 0 Å². The van der Waals surface area contributed by atoms with Crippen LogP contribution in [0, 0.1) is 0 Å². The molecule has 0 saturated carbocycles. The summed E-state index contributed by atoms with van der Waals surface area (Å²) in [6, 6.07) is 0. The third-order valence-corrected chi connectivity index (χ3v) is 0. The van der Waals surface area contributed by atoms with Crippen LogP contribution in [0.15, 0.2) is 0 Å². The summed E-state index contributed by atoms with van der Waals surface area (Å²) in [4.78, 5) is 30.0. The van der Waals surface area contributed by atoms with Crippen molar-refractivity contribution in [2.45, 2.75) is 0 Å². The van der Waals surface area contributed by atoms with Crippen molar-refractivity contribution in [2.75, 3.05) is 0 Å². The van der Waals surface area contributed by atoms with Gasteiger partial charge in [0.1, 0.15) is 0 Å². The summed E-state index contributed by atoms with van der Waals surface area (Å²) in [6.45, 7) is 18.0. The van der Waals surface area contributed by atoms with Crippen LogP contribution in [0.3, 0.4) is 0 Å². The van der Waals surface area contributed by atoms with E-state index < -0.39 is 0 Å². The van der Waals surface area contributed by atoms with E-state index in [4.69, 9.17) is 19.2 Å². The van der Waals surface area contributed by atoms with Gasteiger partial charge < -0.3 is 0 Å². The van der Waals surface area contributed by atoms with Crippen molar-refractivity contribution >= 4 is 27.2 Å². The standard InChI is InChI=1S/4CO.Rh/c4*1-2;. The molecule has 0 atom stereocenters. The van der Waals surface area contributed by atoms with Crippen LogP contribution < -0.4 is 0 Å². The normalized spacial score (nSPS) is 1.78. The predicted molar refractivity (Wildman–Crippen MR) is 22.8 cm³/mol. The van der Waals surface area contributed by atoms with Gasteiger partial charge in [-0.15, -0.1) is 0 Å². The van der Waals surface area contributed by atoms with Crippen molar-refractivity contribution in [3.05, 3.63) is 0 Å². The Balaban J connectivity index is -0.00000000762. The van der Waals surface area contributed by atoms with Gasteiger partial charge in [-0.05, 0) is 0 Å². The maximum atomic E-state index is 7.50. The Morgan fingerprint density at radius 2 is 0.444 bits per heavy atom. The molecule has 5 heteroatoms. The molecule has 0 amide bonds. The number of rotatable bonds is 0. The van der Waals surface area contributed by atoms with Crippen molar-refractivity contribution in [1.29, 1.82) is 0 Å². The molecule has 0 unspecified atom stereocenters. The molecular formula is C4O4Rh. The van der Waals surface area contributed by atoms with Crippen LogP contribution in [0.25, 0.3) is 0 Å². The molecular weight excluding hydrogens is 215 g/mol. The van der Waals surface area contributed by atoms with Gasteiger partial charge in [-0.25, -0.2) is 0 Å². The summed E-state index contributed by atoms with van der Waals surface area (Å²) in [5.41, 5.74) is 0. The first-order chi connectivity index (χ1) is 4.00. The van der Waals surface area contributed by atoms with Crippen LogP contribution in [0.2, 0.25) is 0 Å². The minimum absolute atomic E-state index is 0. The van der Waals surface area contributed by atoms with E-state index in [2.05, 4.69) is 27.2 Å². The fourth-order valence-electron chi connectivity index (χ4n) is 0. The topological polar surface area (TPSA) is 68.3 Å². The largest absolute Gasteiger partial charge is 0.281 e. The molecule has 0 saturated heterocycles. The summed E-state index contributed by atoms with van der Waals surface area (Å²) in [7, 11) is 0. The molecule has 0 aliphatic carbocycles. The first kappa shape index (κ1) is 40.6. The third-order valence-electron chi connectivity index (χ3n) is 0. The summed E-state index contributed by atoms with van der Waals surface area (Å²) < 4.78 is 0. The Labute approximate surface area is 66.4 Å². The molecule has 0 rings (SSSR count). The molecule has 9 heavy (non-hydrogen) atoms. The van der Waals surface area contributed by atoms with E-state index in [9.17, 15) is 0 Å². The van der Waals surface area contributed by atoms with Crippen molar-refractivity contribution in [3.8, 4) is 0 Å². The molecule has 0 bridgehead atoms. The molecule has 0 N–H and O–H groups in total. The Hall–Kier alpha value is -0.697. The van der Waals surface area contributed by atoms with Crippen molar-refractivity contribution in [2.24, 2.45) is 0 Å². The van der Waals surface area contributed by atoms with Crippen LogP contribution >= 0.6 is 0 Å². The smallest absolute Gasteiger partial charge is 0.281 e. The van der Waals surface area contributed by atoms with Gasteiger partial charge in [0.15, 0.2) is 0 Å². The number of hydrogen-bond donors (Lipinski definition) is 0. The summed E-state index contributed by atoms with van der Waals surface area (Å²) in [5, 5.41) is 0. The molecule has 0 aliphatic heterocycles. The van der Waals surface area contributed by atoms with Crippen molar-refractivity contribution < 1.29 is 38.7 Å². The van der Waals surface area contributed by atoms with Gasteiger partial charge in [0, 0.05) is 19.5 Å². The second-order valence-electron chi connectivity index (χ2n) is 0. The molecule has 0 spiro atoms. The zero-order valence-electron chi connectivity index (χ0n) is 3.97.